The number of benzene rings is 2. The van der Waals surface area contributed by atoms with Gasteiger partial charge >= 0.3 is 6.18 Å². The van der Waals surface area contributed by atoms with Crippen molar-refractivity contribution in [2.45, 2.75) is 46.2 Å². The van der Waals surface area contributed by atoms with Crippen molar-refractivity contribution in [1.29, 1.82) is 5.41 Å². The first kappa shape index (κ1) is 31.6. The fraction of sp³-hybridized carbons (Fsp3) is 0.406. The van der Waals surface area contributed by atoms with E-state index in [4.69, 9.17) is 14.9 Å². The summed E-state index contributed by atoms with van der Waals surface area (Å²) in [6, 6.07) is 9.42. The predicted molar refractivity (Wildman–Crippen MR) is 161 cm³/mol. The lowest BCUT2D eigenvalue weighted by molar-refractivity contribution is -0.136. The molecule has 0 bridgehead atoms. The molecule has 4 rings (SSSR count). The first-order valence-electron chi connectivity index (χ1n) is 13.9. The van der Waals surface area contributed by atoms with E-state index >= 15 is 0 Å². The molecule has 2 aliphatic heterocycles. The van der Waals surface area contributed by atoms with Gasteiger partial charge < -0.3 is 24.6 Å². The lowest BCUT2D eigenvalue weighted by Gasteiger charge is -2.27. The van der Waals surface area contributed by atoms with Gasteiger partial charge in [0.25, 0.3) is 0 Å². The Kier molecular flexibility index (Phi) is 10.5. The van der Waals surface area contributed by atoms with Crippen LogP contribution < -0.4 is 19.7 Å². The molecule has 0 unspecified atom stereocenters. The number of halogens is 3. The summed E-state index contributed by atoms with van der Waals surface area (Å²) < 4.78 is 52.8. The van der Waals surface area contributed by atoms with E-state index in [1.807, 2.05) is 25.7 Å². The maximum absolute atomic E-state index is 14.0. The largest absolute Gasteiger partial charge is 0.497 e. The molecule has 0 radical (unpaired) electrons. The van der Waals surface area contributed by atoms with Crippen molar-refractivity contribution in [2.24, 2.45) is 0 Å². The number of nitrogens with one attached hydrogen (secondary N) is 2. The molecule has 6 nitrogen and oxygen atoms in total. The van der Waals surface area contributed by atoms with Gasteiger partial charge in [0, 0.05) is 49.1 Å². The molecule has 41 heavy (non-hydrogen) atoms. The second kappa shape index (κ2) is 13.7. The molecule has 0 aliphatic carbocycles. The van der Waals surface area contributed by atoms with Gasteiger partial charge in [-0.1, -0.05) is 32.6 Å². The van der Waals surface area contributed by atoms with E-state index in [0.717, 1.165) is 43.3 Å². The number of nitrogens with zero attached hydrogens (tertiary/aromatic N) is 2. The SMILES string of the molecule is C=C(C)CN1CCC(C(=N)c2cc(OC)cc(OC)c2)=C1C(=C)Nc1cc(N2CCCC2)ccc1C(F)(F)F.CC. The molecule has 2 heterocycles. The third-order valence-corrected chi connectivity index (χ3v) is 6.99. The second-order valence-electron chi connectivity index (χ2n) is 9.96. The van der Waals surface area contributed by atoms with E-state index in [-0.39, 0.29) is 11.4 Å². The Hall–Kier alpha value is -3.88. The summed E-state index contributed by atoms with van der Waals surface area (Å²) in [6.45, 7) is 16.8. The minimum Gasteiger partial charge on any atom is -0.497 e. The smallest absolute Gasteiger partial charge is 0.418 e. The summed E-state index contributed by atoms with van der Waals surface area (Å²) in [5.41, 5.74) is 3.21. The average molecular weight is 571 g/mol. The van der Waals surface area contributed by atoms with Gasteiger partial charge in [-0.25, -0.2) is 0 Å². The van der Waals surface area contributed by atoms with Crippen LogP contribution in [0.2, 0.25) is 0 Å². The topological polar surface area (TPSA) is 60.8 Å². The lowest BCUT2D eigenvalue weighted by atomic mass is 9.98. The van der Waals surface area contributed by atoms with E-state index < -0.39 is 11.7 Å². The van der Waals surface area contributed by atoms with Crippen LogP contribution in [0.5, 0.6) is 11.5 Å². The second-order valence-corrected chi connectivity index (χ2v) is 9.96. The molecule has 2 aromatic rings. The standard InChI is InChI=1S/C30H35F3N4O2.C2H6/c1-19(2)18-37-13-10-25(28(34)21-14-23(38-4)17-24(15-21)39-5)29(37)20(3)35-27-16-22(36-11-6-7-12-36)8-9-26(27)30(31,32)33;1-2/h8-9,14-17,34-35H,1,3,6-7,10-13,18H2,2,4-5H3;1-2H3. The molecule has 0 spiro atoms. The predicted octanol–water partition coefficient (Wildman–Crippen LogP) is 7.88. The van der Waals surface area contributed by atoms with E-state index in [1.165, 1.54) is 20.3 Å². The van der Waals surface area contributed by atoms with Crippen LogP contribution in [-0.4, -0.2) is 51.0 Å². The highest BCUT2D eigenvalue weighted by molar-refractivity contribution is 6.12. The third kappa shape index (κ3) is 7.45. The number of hydrogen-bond acceptors (Lipinski definition) is 6. The van der Waals surface area contributed by atoms with E-state index in [9.17, 15) is 13.2 Å². The van der Waals surface area contributed by atoms with Crippen LogP contribution in [0.4, 0.5) is 24.5 Å². The molecule has 0 saturated carbocycles. The highest BCUT2D eigenvalue weighted by Crippen LogP contribution is 2.40. The van der Waals surface area contributed by atoms with Gasteiger partial charge in [0.05, 0.1) is 42.6 Å². The Balaban J connectivity index is 0.00000226. The summed E-state index contributed by atoms with van der Waals surface area (Å²) >= 11 is 0. The van der Waals surface area contributed by atoms with Crippen molar-refractivity contribution in [3.63, 3.8) is 0 Å². The van der Waals surface area contributed by atoms with Crippen molar-refractivity contribution in [3.05, 3.63) is 83.2 Å². The number of alkyl halides is 3. The van der Waals surface area contributed by atoms with Crippen LogP contribution in [0.15, 0.2) is 72.1 Å². The number of anilines is 2. The normalized spacial score (nSPS) is 14.9. The van der Waals surface area contributed by atoms with Crippen LogP contribution in [0.3, 0.4) is 0 Å². The number of methoxy groups -OCH3 is 2. The van der Waals surface area contributed by atoms with Crippen molar-refractivity contribution in [1.82, 2.24) is 4.90 Å². The average Bonchev–Trinajstić information content (AvgIpc) is 3.63. The molecular weight excluding hydrogens is 529 g/mol. The molecule has 2 aliphatic rings. The number of rotatable bonds is 10. The Labute approximate surface area is 241 Å². The molecule has 1 saturated heterocycles. The van der Waals surface area contributed by atoms with Gasteiger partial charge in [-0.3, -0.25) is 5.41 Å². The summed E-state index contributed by atoms with van der Waals surface area (Å²) in [5.74, 6) is 1.08. The minimum atomic E-state index is -4.54. The molecule has 0 amide bonds. The van der Waals surface area contributed by atoms with E-state index in [1.54, 1.807) is 24.3 Å². The van der Waals surface area contributed by atoms with Crippen LogP contribution in [0.1, 0.15) is 51.2 Å². The first-order valence-corrected chi connectivity index (χ1v) is 13.9. The Morgan fingerprint density at radius 2 is 1.59 bits per heavy atom. The summed E-state index contributed by atoms with van der Waals surface area (Å²) in [5, 5.41) is 12.1. The van der Waals surface area contributed by atoms with Crippen LogP contribution >= 0.6 is 0 Å². The quantitative estimate of drug-likeness (QED) is 0.225. The van der Waals surface area contributed by atoms with Gasteiger partial charge in [0.2, 0.25) is 0 Å². The lowest BCUT2D eigenvalue weighted by Crippen LogP contribution is -2.25. The summed E-state index contributed by atoms with van der Waals surface area (Å²) in [7, 11) is 3.08. The van der Waals surface area contributed by atoms with Crippen LogP contribution in [0, 0.1) is 5.41 Å². The maximum atomic E-state index is 14.0. The number of ether oxygens (including phenoxy) is 2. The van der Waals surface area contributed by atoms with Gasteiger partial charge in [-0.15, -0.1) is 0 Å². The molecule has 0 atom stereocenters. The molecule has 2 N–H and O–H groups in total. The minimum absolute atomic E-state index is 0.0551. The highest BCUT2D eigenvalue weighted by Gasteiger charge is 2.35. The molecule has 222 valence electrons. The molecule has 9 heteroatoms. The highest BCUT2D eigenvalue weighted by atomic mass is 19.4. The molecular formula is C32H41F3N4O2. The van der Waals surface area contributed by atoms with Gasteiger partial charge in [0.1, 0.15) is 11.5 Å². The van der Waals surface area contributed by atoms with Crippen molar-refractivity contribution in [2.75, 3.05) is 50.6 Å². The fourth-order valence-corrected chi connectivity index (χ4v) is 5.17. The van der Waals surface area contributed by atoms with Crippen molar-refractivity contribution < 1.29 is 22.6 Å². The zero-order valence-corrected chi connectivity index (χ0v) is 24.7. The molecule has 0 aromatic heterocycles. The van der Waals surface area contributed by atoms with Crippen LogP contribution in [-0.2, 0) is 6.18 Å². The Morgan fingerprint density at radius 3 is 2.12 bits per heavy atom. The van der Waals surface area contributed by atoms with E-state index in [0.29, 0.717) is 53.5 Å². The van der Waals surface area contributed by atoms with Gasteiger partial charge in [-0.05, 0) is 56.5 Å². The zero-order chi connectivity index (χ0) is 30.3. The van der Waals surface area contributed by atoms with Gasteiger partial charge in [0.15, 0.2) is 0 Å². The molecule has 2 aromatic carbocycles. The number of hydrogen-bond donors (Lipinski definition) is 2. The van der Waals surface area contributed by atoms with Gasteiger partial charge in [-0.2, -0.15) is 13.2 Å². The fourth-order valence-electron chi connectivity index (χ4n) is 5.17. The Bertz CT molecular complexity index is 1290. The monoisotopic (exact) mass is 570 g/mol. The van der Waals surface area contributed by atoms with E-state index in [2.05, 4.69) is 23.4 Å². The maximum Gasteiger partial charge on any atom is 0.418 e. The van der Waals surface area contributed by atoms with Crippen LogP contribution in [0.25, 0.3) is 0 Å². The zero-order valence-electron chi connectivity index (χ0n) is 24.7. The first-order chi connectivity index (χ1) is 19.5. The van der Waals surface area contributed by atoms with Crippen molar-refractivity contribution >= 4 is 17.1 Å². The van der Waals surface area contributed by atoms with Crippen molar-refractivity contribution in [3.8, 4) is 11.5 Å². The summed E-state index contributed by atoms with van der Waals surface area (Å²) in [6.07, 6.45) is -1.98. The summed E-state index contributed by atoms with van der Waals surface area (Å²) in [4.78, 5) is 4.10. The third-order valence-electron chi connectivity index (χ3n) is 6.99. The Morgan fingerprint density at radius 1 is 0.976 bits per heavy atom. The molecule has 1 fully saturated rings.